The van der Waals surface area contributed by atoms with Crippen molar-refractivity contribution in [1.29, 1.82) is 0 Å². The molecular formula is C18H22O8. The lowest BCUT2D eigenvalue weighted by Crippen LogP contribution is -2.11. The quantitative estimate of drug-likeness (QED) is 0.587. The summed E-state index contributed by atoms with van der Waals surface area (Å²) < 4.78 is 20.2. The Balaban J connectivity index is 2.46. The van der Waals surface area contributed by atoms with E-state index in [-0.39, 0.29) is 45.6 Å². The molecule has 2 unspecified atom stereocenters. The molecule has 0 aliphatic rings. The fraction of sp³-hybridized carbons (Fsp3) is 0.333. The third-order valence-electron chi connectivity index (χ3n) is 3.99. The topological polar surface area (TPSA) is 118 Å². The molecule has 8 nitrogen and oxygen atoms in total. The largest absolute Gasteiger partial charge is 0.502 e. The zero-order valence-electron chi connectivity index (χ0n) is 14.9. The fourth-order valence-electron chi connectivity index (χ4n) is 2.53. The van der Waals surface area contributed by atoms with Crippen LogP contribution in [0.15, 0.2) is 24.3 Å². The lowest BCUT2D eigenvalue weighted by molar-refractivity contribution is 0.0167. The standard InChI is InChI=1S/C18H22O8/c1-23-11-5-9(6-12(24-2)17(11)21)15(19)16(20)10-7-13(25-3)18(22)14(8-10)26-4/h5-8,15-16,19-22H,1-4H3. The van der Waals surface area contributed by atoms with Gasteiger partial charge in [-0.05, 0) is 35.4 Å². The Hall–Kier alpha value is -2.84. The molecule has 0 radical (unpaired) electrons. The number of phenolic OH excluding ortho intramolecular Hbond substituents is 2. The van der Waals surface area contributed by atoms with Gasteiger partial charge >= 0.3 is 0 Å². The molecule has 8 heteroatoms. The summed E-state index contributed by atoms with van der Waals surface area (Å²) in [5, 5.41) is 41.1. The van der Waals surface area contributed by atoms with E-state index in [0.29, 0.717) is 0 Å². The van der Waals surface area contributed by atoms with Gasteiger partial charge in [-0.1, -0.05) is 0 Å². The molecule has 0 saturated carbocycles. The molecule has 0 aliphatic carbocycles. The van der Waals surface area contributed by atoms with Gasteiger partial charge < -0.3 is 39.4 Å². The number of aliphatic hydroxyl groups is 2. The van der Waals surface area contributed by atoms with Crippen LogP contribution in [0, 0.1) is 0 Å². The average molecular weight is 366 g/mol. The van der Waals surface area contributed by atoms with Crippen molar-refractivity contribution < 1.29 is 39.4 Å². The van der Waals surface area contributed by atoms with Crippen LogP contribution < -0.4 is 18.9 Å². The summed E-state index contributed by atoms with van der Waals surface area (Å²) in [6.07, 6.45) is -2.75. The molecule has 2 rings (SSSR count). The Kier molecular flexibility index (Phi) is 6.01. The molecular weight excluding hydrogens is 344 g/mol. The molecule has 0 heterocycles. The first-order valence-electron chi connectivity index (χ1n) is 7.63. The minimum Gasteiger partial charge on any atom is -0.502 e. The zero-order valence-corrected chi connectivity index (χ0v) is 14.9. The predicted octanol–water partition coefficient (Wildman–Crippen LogP) is 1.90. The summed E-state index contributed by atoms with van der Waals surface area (Å²) in [6, 6.07) is 5.56. The Labute approximate surface area is 150 Å². The van der Waals surface area contributed by atoms with Gasteiger partial charge in [0.25, 0.3) is 0 Å². The molecule has 0 aliphatic heterocycles. The second kappa shape index (κ2) is 8.03. The van der Waals surface area contributed by atoms with Crippen LogP contribution in [0.25, 0.3) is 0 Å². The highest BCUT2D eigenvalue weighted by molar-refractivity contribution is 5.55. The summed E-state index contributed by atoms with van der Waals surface area (Å²) in [7, 11) is 5.43. The van der Waals surface area contributed by atoms with Crippen molar-refractivity contribution in [3.63, 3.8) is 0 Å². The average Bonchev–Trinajstić information content (AvgIpc) is 2.67. The van der Waals surface area contributed by atoms with E-state index in [1.165, 1.54) is 52.7 Å². The Morgan fingerprint density at radius 3 is 1.00 bits per heavy atom. The second-order valence-electron chi connectivity index (χ2n) is 5.44. The highest BCUT2D eigenvalue weighted by atomic mass is 16.5. The Morgan fingerprint density at radius 2 is 0.808 bits per heavy atom. The molecule has 0 spiro atoms. The third-order valence-corrected chi connectivity index (χ3v) is 3.99. The number of phenols is 2. The van der Waals surface area contributed by atoms with E-state index >= 15 is 0 Å². The monoisotopic (exact) mass is 366 g/mol. The van der Waals surface area contributed by atoms with E-state index in [1.807, 2.05) is 0 Å². The number of benzene rings is 2. The highest BCUT2D eigenvalue weighted by Crippen LogP contribution is 2.43. The number of rotatable bonds is 7. The van der Waals surface area contributed by atoms with Crippen molar-refractivity contribution >= 4 is 0 Å². The molecule has 4 N–H and O–H groups in total. The Bertz CT molecular complexity index is 658. The number of aromatic hydroxyl groups is 2. The van der Waals surface area contributed by atoms with Crippen molar-refractivity contribution in [2.75, 3.05) is 28.4 Å². The van der Waals surface area contributed by atoms with Crippen molar-refractivity contribution in [2.24, 2.45) is 0 Å². The molecule has 142 valence electrons. The number of methoxy groups -OCH3 is 4. The van der Waals surface area contributed by atoms with Crippen LogP contribution in [0.5, 0.6) is 34.5 Å². The number of hydrogen-bond donors (Lipinski definition) is 4. The van der Waals surface area contributed by atoms with Crippen LogP contribution in [-0.2, 0) is 0 Å². The minimum atomic E-state index is -1.38. The molecule has 0 bridgehead atoms. The van der Waals surface area contributed by atoms with Crippen LogP contribution in [0.2, 0.25) is 0 Å². The lowest BCUT2D eigenvalue weighted by Gasteiger charge is -2.21. The summed E-state index contributed by atoms with van der Waals surface area (Å²) in [5.41, 5.74) is 0.519. The maximum Gasteiger partial charge on any atom is 0.200 e. The van der Waals surface area contributed by atoms with Gasteiger partial charge in [0.2, 0.25) is 11.5 Å². The summed E-state index contributed by atoms with van der Waals surface area (Å²) in [6.45, 7) is 0. The molecule has 26 heavy (non-hydrogen) atoms. The molecule has 0 fully saturated rings. The van der Waals surface area contributed by atoms with Crippen molar-refractivity contribution in [1.82, 2.24) is 0 Å². The second-order valence-corrected chi connectivity index (χ2v) is 5.44. The van der Waals surface area contributed by atoms with Gasteiger partial charge in [-0.15, -0.1) is 0 Å². The van der Waals surface area contributed by atoms with Gasteiger partial charge in [0, 0.05) is 0 Å². The predicted molar refractivity (Wildman–Crippen MR) is 92.3 cm³/mol. The normalized spacial score (nSPS) is 13.0. The van der Waals surface area contributed by atoms with Crippen molar-refractivity contribution in [3.8, 4) is 34.5 Å². The van der Waals surface area contributed by atoms with Gasteiger partial charge in [0.05, 0.1) is 28.4 Å². The number of ether oxygens (including phenoxy) is 4. The molecule has 0 amide bonds. The minimum absolute atomic E-state index is 0.0893. The van der Waals surface area contributed by atoms with Crippen LogP contribution in [0.1, 0.15) is 23.3 Å². The van der Waals surface area contributed by atoms with E-state index < -0.39 is 12.2 Å². The molecule has 2 atom stereocenters. The SMILES string of the molecule is COc1cc(C(O)C(O)c2cc(OC)c(O)c(OC)c2)cc(OC)c1O. The fourth-order valence-corrected chi connectivity index (χ4v) is 2.53. The number of aliphatic hydroxyl groups excluding tert-OH is 2. The van der Waals surface area contributed by atoms with E-state index in [4.69, 9.17) is 18.9 Å². The van der Waals surface area contributed by atoms with E-state index in [9.17, 15) is 20.4 Å². The van der Waals surface area contributed by atoms with Gasteiger partial charge in [0.1, 0.15) is 12.2 Å². The maximum atomic E-state index is 10.6. The van der Waals surface area contributed by atoms with E-state index in [1.54, 1.807) is 0 Å². The highest BCUT2D eigenvalue weighted by Gasteiger charge is 2.25. The summed E-state index contributed by atoms with van der Waals surface area (Å²) in [4.78, 5) is 0. The van der Waals surface area contributed by atoms with Crippen molar-refractivity contribution in [2.45, 2.75) is 12.2 Å². The van der Waals surface area contributed by atoms with Gasteiger partial charge in [0.15, 0.2) is 23.0 Å². The summed E-state index contributed by atoms with van der Waals surface area (Å²) in [5.74, 6) is -0.0716. The number of hydrogen-bond acceptors (Lipinski definition) is 8. The smallest absolute Gasteiger partial charge is 0.200 e. The third kappa shape index (κ3) is 3.56. The van der Waals surface area contributed by atoms with Crippen LogP contribution in [0.4, 0.5) is 0 Å². The Morgan fingerprint density at radius 1 is 0.577 bits per heavy atom. The van der Waals surface area contributed by atoms with Gasteiger partial charge in [-0.25, -0.2) is 0 Å². The molecule has 0 aromatic heterocycles. The molecule has 2 aromatic carbocycles. The van der Waals surface area contributed by atoms with E-state index in [0.717, 1.165) is 0 Å². The molecule has 2 aromatic rings. The first kappa shape index (κ1) is 19.5. The van der Waals surface area contributed by atoms with Crippen LogP contribution in [-0.4, -0.2) is 48.9 Å². The zero-order chi connectivity index (χ0) is 19.4. The lowest BCUT2D eigenvalue weighted by atomic mass is 9.97. The summed E-state index contributed by atoms with van der Waals surface area (Å²) >= 11 is 0. The first-order valence-corrected chi connectivity index (χ1v) is 7.63. The van der Waals surface area contributed by atoms with Gasteiger partial charge in [-0.3, -0.25) is 0 Å². The molecule has 0 saturated heterocycles. The van der Waals surface area contributed by atoms with E-state index in [2.05, 4.69) is 0 Å². The van der Waals surface area contributed by atoms with Crippen LogP contribution >= 0.6 is 0 Å². The van der Waals surface area contributed by atoms with Gasteiger partial charge in [-0.2, -0.15) is 0 Å². The van der Waals surface area contributed by atoms with Crippen LogP contribution in [0.3, 0.4) is 0 Å². The maximum absolute atomic E-state index is 10.6. The van der Waals surface area contributed by atoms with Crippen molar-refractivity contribution in [3.05, 3.63) is 35.4 Å². The first-order chi connectivity index (χ1) is 12.4.